The molecule has 0 atom stereocenters. The second kappa shape index (κ2) is 10.9. The number of nitriles is 1. The first-order chi connectivity index (χ1) is 15.4. The minimum Gasteiger partial charge on any atom is -0.346 e. The fourth-order valence-electron chi connectivity index (χ4n) is 3.35. The summed E-state index contributed by atoms with van der Waals surface area (Å²) < 4.78 is 2.00. The lowest BCUT2D eigenvalue weighted by Crippen LogP contribution is -2.37. The van der Waals surface area contributed by atoms with E-state index in [1.807, 2.05) is 35.0 Å². The van der Waals surface area contributed by atoms with Gasteiger partial charge in [0.2, 0.25) is 11.8 Å². The molecule has 0 bridgehead atoms. The minimum atomic E-state index is -0.392. The number of rotatable bonds is 8. The Kier molecular flexibility index (Phi) is 7.93. The molecule has 0 unspecified atom stereocenters. The van der Waals surface area contributed by atoms with Crippen LogP contribution >= 0.6 is 23.2 Å². The van der Waals surface area contributed by atoms with Crippen LogP contribution in [0.4, 0.5) is 5.69 Å². The van der Waals surface area contributed by atoms with Crippen LogP contribution in [0.1, 0.15) is 18.9 Å². The predicted octanol–water partition coefficient (Wildman–Crippen LogP) is 5.36. The number of likely N-dealkylation sites (N-methyl/N-ethyl adjacent to an activating group) is 1. The van der Waals surface area contributed by atoms with Crippen molar-refractivity contribution in [1.82, 2.24) is 9.47 Å². The molecule has 1 N–H and O–H groups in total. The molecule has 1 aromatic heterocycles. The first-order valence-corrected chi connectivity index (χ1v) is 10.9. The first-order valence-electron chi connectivity index (χ1n) is 10.1. The maximum Gasteiger partial charge on any atom is 0.247 e. The van der Waals surface area contributed by atoms with Crippen molar-refractivity contribution in [2.45, 2.75) is 19.9 Å². The van der Waals surface area contributed by atoms with Gasteiger partial charge in [0.25, 0.3) is 0 Å². The van der Waals surface area contributed by atoms with Gasteiger partial charge in [-0.05, 0) is 31.2 Å². The topological polar surface area (TPSA) is 78.1 Å². The molecule has 3 aromatic rings. The minimum absolute atomic E-state index is 0.134. The molecule has 2 amide bonds. The molecule has 0 radical (unpaired) electrons. The van der Waals surface area contributed by atoms with E-state index >= 15 is 0 Å². The normalized spacial score (nSPS) is 10.9. The van der Waals surface area contributed by atoms with Crippen molar-refractivity contribution >= 4 is 57.7 Å². The Hall–Kier alpha value is -3.27. The molecule has 164 valence electrons. The number of para-hydroxylation sites is 2. The summed E-state index contributed by atoms with van der Waals surface area (Å²) in [6.45, 7) is 2.60. The summed E-state index contributed by atoms with van der Waals surface area (Å²) >= 11 is 12.2. The van der Waals surface area contributed by atoms with E-state index in [0.717, 1.165) is 16.5 Å². The van der Waals surface area contributed by atoms with Crippen molar-refractivity contribution in [1.29, 1.82) is 5.26 Å². The van der Waals surface area contributed by atoms with Crippen molar-refractivity contribution in [2.24, 2.45) is 0 Å². The highest BCUT2D eigenvalue weighted by Gasteiger charge is 2.16. The average molecular weight is 469 g/mol. The summed E-state index contributed by atoms with van der Waals surface area (Å²) in [7, 11) is 0. The molecular formula is C24H22Cl2N4O2. The van der Waals surface area contributed by atoms with Crippen molar-refractivity contribution in [3.63, 3.8) is 0 Å². The Morgan fingerprint density at radius 2 is 1.88 bits per heavy atom. The van der Waals surface area contributed by atoms with Crippen molar-refractivity contribution in [2.75, 3.05) is 18.4 Å². The molecule has 6 nitrogen and oxygen atoms in total. The Morgan fingerprint density at radius 3 is 2.56 bits per heavy atom. The van der Waals surface area contributed by atoms with Gasteiger partial charge in [-0.25, -0.2) is 0 Å². The van der Waals surface area contributed by atoms with Crippen LogP contribution in [-0.2, 0) is 16.1 Å². The largest absolute Gasteiger partial charge is 0.346 e. The highest BCUT2D eigenvalue weighted by atomic mass is 35.5. The van der Waals surface area contributed by atoms with E-state index < -0.39 is 5.91 Å². The summed E-state index contributed by atoms with van der Waals surface area (Å²) in [6, 6.07) is 14.9. The zero-order valence-electron chi connectivity index (χ0n) is 17.5. The molecular weight excluding hydrogens is 447 g/mol. The van der Waals surface area contributed by atoms with Gasteiger partial charge in [0, 0.05) is 41.8 Å². The Labute approximate surface area is 196 Å². The van der Waals surface area contributed by atoms with Gasteiger partial charge in [-0.2, -0.15) is 5.26 Å². The standard InChI is InChI=1S/C24H22Cl2N4O2/c1-2-29(16-22(31)28-24-19(25)8-5-9-20(24)26)23(32)12-11-17-15-30(14-6-13-27)21-10-4-3-7-18(17)21/h3-5,7-12,15H,2,6,14,16H2,1H3,(H,28,31)/b12-11+. The molecule has 2 aromatic carbocycles. The van der Waals surface area contributed by atoms with Gasteiger partial charge in [-0.1, -0.05) is 47.5 Å². The number of halogens is 2. The molecule has 8 heteroatoms. The van der Waals surface area contributed by atoms with Crippen molar-refractivity contribution < 1.29 is 9.59 Å². The monoisotopic (exact) mass is 468 g/mol. The molecule has 0 saturated carbocycles. The van der Waals surface area contributed by atoms with Crippen LogP contribution in [0.15, 0.2) is 54.7 Å². The van der Waals surface area contributed by atoms with Gasteiger partial charge in [-0.15, -0.1) is 0 Å². The summed E-state index contributed by atoms with van der Waals surface area (Å²) in [6.07, 6.45) is 5.51. The number of hydrogen-bond acceptors (Lipinski definition) is 3. The van der Waals surface area contributed by atoms with Crippen LogP contribution < -0.4 is 5.32 Å². The van der Waals surface area contributed by atoms with Gasteiger partial charge in [-0.3, -0.25) is 9.59 Å². The number of aryl methyl sites for hydroxylation is 1. The van der Waals surface area contributed by atoms with E-state index in [1.54, 1.807) is 31.2 Å². The van der Waals surface area contributed by atoms with E-state index in [0.29, 0.717) is 35.2 Å². The van der Waals surface area contributed by atoms with Gasteiger partial charge in [0.1, 0.15) is 6.54 Å². The fourth-order valence-corrected chi connectivity index (χ4v) is 3.84. The zero-order chi connectivity index (χ0) is 23.1. The average Bonchev–Trinajstić information content (AvgIpc) is 3.14. The Bertz CT molecular complexity index is 1190. The molecule has 0 fully saturated rings. The zero-order valence-corrected chi connectivity index (χ0v) is 19.0. The van der Waals surface area contributed by atoms with Crippen LogP contribution in [0.5, 0.6) is 0 Å². The SMILES string of the molecule is CCN(CC(=O)Nc1c(Cl)cccc1Cl)C(=O)/C=C/c1cn(CCC#N)c2ccccc12. The van der Waals surface area contributed by atoms with E-state index in [9.17, 15) is 9.59 Å². The van der Waals surface area contributed by atoms with Crippen LogP contribution in [0.3, 0.4) is 0 Å². The summed E-state index contributed by atoms with van der Waals surface area (Å²) in [5.74, 6) is -0.682. The number of anilines is 1. The number of carbonyl (C=O) groups is 2. The summed E-state index contributed by atoms with van der Waals surface area (Å²) in [5.41, 5.74) is 2.19. The van der Waals surface area contributed by atoms with E-state index in [2.05, 4.69) is 11.4 Å². The van der Waals surface area contributed by atoms with Gasteiger partial charge < -0.3 is 14.8 Å². The van der Waals surface area contributed by atoms with Crippen LogP contribution in [0, 0.1) is 11.3 Å². The number of carbonyl (C=O) groups excluding carboxylic acids is 2. The number of nitrogens with zero attached hydrogens (tertiary/aromatic N) is 3. The van der Waals surface area contributed by atoms with Crippen LogP contribution in [0.2, 0.25) is 10.0 Å². The predicted molar refractivity (Wildman–Crippen MR) is 129 cm³/mol. The van der Waals surface area contributed by atoms with Crippen molar-refractivity contribution in [3.05, 3.63) is 70.3 Å². The lowest BCUT2D eigenvalue weighted by molar-refractivity contribution is -0.130. The third kappa shape index (κ3) is 5.50. The van der Waals surface area contributed by atoms with Gasteiger partial charge >= 0.3 is 0 Å². The lowest BCUT2D eigenvalue weighted by Gasteiger charge is -2.19. The fraction of sp³-hybridized carbons (Fsp3) is 0.208. The maximum absolute atomic E-state index is 12.7. The number of amides is 2. The smallest absolute Gasteiger partial charge is 0.247 e. The maximum atomic E-state index is 12.7. The third-order valence-electron chi connectivity index (χ3n) is 4.94. The lowest BCUT2D eigenvalue weighted by atomic mass is 10.1. The molecule has 0 aliphatic carbocycles. The molecule has 1 heterocycles. The van der Waals surface area contributed by atoms with Crippen LogP contribution in [-0.4, -0.2) is 34.4 Å². The summed E-state index contributed by atoms with van der Waals surface area (Å²) in [5, 5.41) is 13.2. The third-order valence-corrected chi connectivity index (χ3v) is 5.57. The van der Waals surface area contributed by atoms with Gasteiger partial charge in [0.15, 0.2) is 0 Å². The molecule has 32 heavy (non-hydrogen) atoms. The first kappa shape index (κ1) is 23.4. The number of benzene rings is 2. The van der Waals surface area contributed by atoms with Crippen LogP contribution in [0.25, 0.3) is 17.0 Å². The van der Waals surface area contributed by atoms with E-state index in [-0.39, 0.29) is 12.5 Å². The molecule has 0 saturated heterocycles. The Morgan fingerprint density at radius 1 is 1.16 bits per heavy atom. The quantitative estimate of drug-likeness (QED) is 0.451. The molecule has 0 aliphatic heterocycles. The van der Waals surface area contributed by atoms with E-state index in [1.165, 1.54) is 11.0 Å². The second-order valence-electron chi connectivity index (χ2n) is 7.03. The van der Waals surface area contributed by atoms with E-state index in [4.69, 9.17) is 28.5 Å². The number of nitrogens with one attached hydrogen (secondary N) is 1. The number of aromatic nitrogens is 1. The van der Waals surface area contributed by atoms with Gasteiger partial charge in [0.05, 0.1) is 28.2 Å². The Balaban J connectivity index is 1.72. The van der Waals surface area contributed by atoms with Crippen molar-refractivity contribution in [3.8, 4) is 6.07 Å². The highest BCUT2D eigenvalue weighted by Crippen LogP contribution is 2.29. The second-order valence-corrected chi connectivity index (χ2v) is 7.85. The highest BCUT2D eigenvalue weighted by molar-refractivity contribution is 6.39. The number of fused-ring (bicyclic) bond motifs is 1. The molecule has 3 rings (SSSR count). The summed E-state index contributed by atoms with van der Waals surface area (Å²) in [4.78, 5) is 26.6. The molecule has 0 spiro atoms. The number of hydrogen-bond donors (Lipinski definition) is 1. The molecule has 0 aliphatic rings.